The van der Waals surface area contributed by atoms with Gasteiger partial charge in [-0.1, -0.05) is 202 Å². The van der Waals surface area contributed by atoms with E-state index in [1.807, 2.05) is 139 Å². The Morgan fingerprint density at radius 2 is 0.707 bits per heavy atom. The average molecular weight is 2010 g/mol. The van der Waals surface area contributed by atoms with Crippen LogP contribution in [0.15, 0.2) is 200 Å². The Bertz CT molecular complexity index is 6410. The topological polar surface area (TPSA) is 381 Å². The van der Waals surface area contributed by atoms with Crippen molar-refractivity contribution in [3.05, 3.63) is 301 Å². The Morgan fingerprint density at radius 3 is 1.02 bits per heavy atom. The number of carboxylic acid groups (broad SMARTS) is 1. The van der Waals surface area contributed by atoms with Gasteiger partial charge in [0.15, 0.2) is 17.1 Å². The maximum Gasteiger partial charge on any atom is 0.304 e. The number of aryl methyl sites for hydroxylation is 3. The quantitative estimate of drug-likeness (QED) is 0.0187. The van der Waals surface area contributed by atoms with E-state index < -0.39 is 41.8 Å². The number of amides is 10. The number of hydrogen-bond acceptors (Lipinski definition) is 17. The maximum atomic E-state index is 14.7. The Kier molecular flexibility index (Phi) is 40.4. The van der Waals surface area contributed by atoms with E-state index in [1.54, 1.807) is 128 Å². The number of aromatic nitrogens is 6. The van der Waals surface area contributed by atoms with Crippen molar-refractivity contribution in [2.45, 2.75) is 228 Å². The third kappa shape index (κ3) is 28.6. The maximum absolute atomic E-state index is 14.7. The molecule has 0 radical (unpaired) electrons. The second-order valence-electron chi connectivity index (χ2n) is 38.5. The van der Waals surface area contributed by atoms with Gasteiger partial charge in [-0.3, -0.25) is 52.7 Å². The molecule has 0 bridgehead atoms. The molecule has 31 nitrogen and oxygen atoms in total. The van der Waals surface area contributed by atoms with E-state index in [4.69, 9.17) is 15.3 Å². The molecule has 147 heavy (non-hydrogen) atoms. The molecule has 3 aromatic heterocycles. The second-order valence-corrected chi connectivity index (χ2v) is 38.5. The number of carbonyl (C=O) groups is 11. The van der Waals surface area contributed by atoms with Crippen LogP contribution < -0.4 is 16.0 Å². The van der Waals surface area contributed by atoms with Crippen molar-refractivity contribution in [1.82, 2.24) is 63.6 Å². The van der Waals surface area contributed by atoms with Crippen molar-refractivity contribution in [3.8, 4) is 17.1 Å². The van der Waals surface area contributed by atoms with Gasteiger partial charge in [-0.05, 0) is 208 Å². The zero-order chi connectivity index (χ0) is 106. The van der Waals surface area contributed by atoms with Crippen LogP contribution in [0.1, 0.15) is 268 Å². The number of carboxylic acids is 1. The SMILES string of the molecule is CCCCN(CCCC)C(=O)c1cc(C)n(-c2ccc(NC(=O)C(C)CC(=O)O)cc2C(=O)N2Cc3ccccc3C[C@H]2CO)n1.CCCCN(CCCC)C(=O)c1cc(C)n(-c2ccc(NC(=O)C(CC(=O)N(C)C)c3ccccc3)cc2C(=O)N2Cc3ccccc3C[C@H]2CO)n1.CCCCN(CCCC)C(=O)c1cc(C)n(-c2ccc(NC(=O)Cc3ccc(F)cc3)cc2C(=O)N2Cc3ccccc3C[C@H]2CO)n1. The summed E-state index contributed by atoms with van der Waals surface area (Å²) in [7, 11) is 3.31. The van der Waals surface area contributed by atoms with E-state index in [2.05, 4.69) is 62.6 Å². The van der Waals surface area contributed by atoms with Crippen molar-refractivity contribution in [1.29, 1.82) is 0 Å². The lowest BCUT2D eigenvalue weighted by atomic mass is 9.93. The number of benzene rings is 8. The molecule has 0 aliphatic carbocycles. The van der Waals surface area contributed by atoms with Crippen LogP contribution >= 0.6 is 0 Å². The van der Waals surface area contributed by atoms with Crippen molar-refractivity contribution in [2.24, 2.45) is 5.92 Å². The van der Waals surface area contributed by atoms with Crippen molar-refractivity contribution >= 4 is 82.1 Å². The van der Waals surface area contributed by atoms with Gasteiger partial charge in [0.25, 0.3) is 35.4 Å². The number of nitrogens with one attached hydrogen (secondary N) is 3. The normalized spacial score (nSPS) is 14.4. The zero-order valence-corrected chi connectivity index (χ0v) is 86.6. The van der Waals surface area contributed by atoms with E-state index in [9.17, 15) is 72.4 Å². The molecule has 10 amide bonds. The van der Waals surface area contributed by atoms with Gasteiger partial charge in [0.05, 0.1) is 90.5 Å². The van der Waals surface area contributed by atoms with E-state index in [-0.39, 0.29) is 127 Å². The standard InChI is InChI=1S/C42H52N6O5.C38H44FN5O4.C35H45N5O6/c1-6-8-21-46(22-9-7-2)42(53)37-23-29(3)48(44-37)38-20-19-33(43-40(51)35(26-39(50)45(4)5)30-15-11-10-12-16-30)25-36(38)41(52)47-27-32-18-14-13-17-31(32)24-34(47)28-49;1-4-6-18-42(19-7-5-2)38(48)34-20-26(3)44(41-34)35-17-16-31(40-36(46)21-27-12-14-30(39)15-13-27)23-33(35)37(47)43-24-29-11-9-8-10-28(29)22-32(43)25-45;1-5-7-15-38(16-8-6-2)35(46)30-18-24(4)40(37-30)31-14-13-27(36-33(44)23(3)17-32(42)43)20-29(31)34(45)39-21-26-12-10-9-11-25(26)19-28(39)22-41/h10-20,23,25,34-35,49H,6-9,21-22,24,26-28H2,1-5H3,(H,43,51);8-17,20,23,32,45H,4-7,18-19,21-22,24-25H2,1-3H3,(H,40,46);9-14,18,20,23,28,41H,5-8,15-17,19,21-22H2,1-4H3,(H,36,44)(H,42,43)/t34-,35?;32-;23?,28-/m000/s1. The van der Waals surface area contributed by atoms with Gasteiger partial charge in [0, 0.05) is 119 Å². The molecular formula is C115H141FN16O15. The van der Waals surface area contributed by atoms with Crippen LogP contribution in [0, 0.1) is 32.5 Å². The number of hydrogen-bond donors (Lipinski definition) is 7. The monoisotopic (exact) mass is 2010 g/mol. The highest BCUT2D eigenvalue weighted by molar-refractivity contribution is 6.05. The molecular weight excluding hydrogens is 1860 g/mol. The summed E-state index contributed by atoms with van der Waals surface area (Å²) >= 11 is 0. The molecule has 11 aromatic rings. The van der Waals surface area contributed by atoms with Gasteiger partial charge in [0.2, 0.25) is 23.6 Å². The number of fused-ring (bicyclic) bond motifs is 3. The average Bonchev–Trinajstić information content (AvgIpc) is 1.76. The van der Waals surface area contributed by atoms with Crippen LogP contribution in [0.25, 0.3) is 17.1 Å². The lowest BCUT2D eigenvalue weighted by molar-refractivity contribution is -0.140. The fraction of sp³-hybridized carbons (Fsp3) is 0.409. The summed E-state index contributed by atoms with van der Waals surface area (Å²) in [5.41, 5.74) is 13.6. The minimum atomic E-state index is -1.09. The number of unbranched alkanes of at least 4 members (excludes halogenated alkanes) is 6. The van der Waals surface area contributed by atoms with Gasteiger partial charge in [-0.25, -0.2) is 18.4 Å². The second kappa shape index (κ2) is 53.5. The summed E-state index contributed by atoms with van der Waals surface area (Å²) < 4.78 is 18.2. The van der Waals surface area contributed by atoms with Crippen LogP contribution in [0.5, 0.6) is 0 Å². The molecule has 8 aromatic carbocycles. The molecule has 0 fully saturated rings. The number of halogens is 1. The highest BCUT2D eigenvalue weighted by Gasteiger charge is 2.38. The first-order chi connectivity index (χ1) is 70.8. The summed E-state index contributed by atoms with van der Waals surface area (Å²) in [6.45, 7) is 23.7. The fourth-order valence-electron chi connectivity index (χ4n) is 18.6. The van der Waals surface area contributed by atoms with Gasteiger partial charge < -0.3 is 70.7 Å². The number of nitrogens with zero attached hydrogens (tertiary/aromatic N) is 13. The van der Waals surface area contributed by atoms with Crippen LogP contribution in [0.2, 0.25) is 0 Å². The van der Waals surface area contributed by atoms with Gasteiger partial charge in [-0.15, -0.1) is 0 Å². The van der Waals surface area contributed by atoms with Gasteiger partial charge >= 0.3 is 5.97 Å². The molecule has 5 atom stereocenters. The van der Waals surface area contributed by atoms with E-state index in [0.29, 0.717) is 145 Å². The Balaban J connectivity index is 0.000000197. The minimum absolute atomic E-state index is 0.0249. The first-order valence-corrected chi connectivity index (χ1v) is 51.4. The third-order valence-corrected chi connectivity index (χ3v) is 27.1. The van der Waals surface area contributed by atoms with Crippen LogP contribution in [0.4, 0.5) is 21.5 Å². The van der Waals surface area contributed by atoms with Crippen molar-refractivity contribution in [2.75, 3.05) is 89.1 Å². The summed E-state index contributed by atoms with van der Waals surface area (Å²) in [5.74, 6) is -5.94. The highest BCUT2D eigenvalue weighted by atomic mass is 19.1. The van der Waals surface area contributed by atoms with Gasteiger partial charge in [0.1, 0.15) is 5.82 Å². The number of aliphatic carboxylic acids is 1. The number of aliphatic hydroxyl groups is 3. The van der Waals surface area contributed by atoms with Crippen LogP contribution in [0.3, 0.4) is 0 Å². The number of carbonyl (C=O) groups excluding carboxylic acids is 10. The zero-order valence-electron chi connectivity index (χ0n) is 86.6. The highest BCUT2D eigenvalue weighted by Crippen LogP contribution is 2.36. The van der Waals surface area contributed by atoms with Crippen molar-refractivity contribution in [3.63, 3.8) is 0 Å². The molecule has 32 heteroatoms. The molecule has 0 saturated carbocycles. The molecule has 6 heterocycles. The lowest BCUT2D eigenvalue weighted by Gasteiger charge is -2.36. The first-order valence-electron chi connectivity index (χ1n) is 51.4. The third-order valence-electron chi connectivity index (χ3n) is 27.1. The molecule has 778 valence electrons. The summed E-state index contributed by atoms with van der Waals surface area (Å²) in [6.07, 6.45) is 12.3. The molecule has 14 rings (SSSR count). The predicted molar refractivity (Wildman–Crippen MR) is 565 cm³/mol. The smallest absolute Gasteiger partial charge is 0.304 e. The van der Waals surface area contributed by atoms with E-state index in [1.165, 1.54) is 24.0 Å². The molecule has 3 aliphatic rings. The molecule has 7 N–H and O–H groups in total. The molecule has 0 spiro atoms. The molecule has 0 saturated heterocycles. The predicted octanol–water partition coefficient (Wildman–Crippen LogP) is 16.9. The van der Waals surface area contributed by atoms with Gasteiger partial charge in [-0.2, -0.15) is 15.3 Å². The number of aliphatic hydroxyl groups excluding tert-OH is 3. The Morgan fingerprint density at radius 1 is 0.395 bits per heavy atom. The summed E-state index contributed by atoms with van der Waals surface area (Å²) in [6, 6.07) is 57.2. The fourth-order valence-corrected chi connectivity index (χ4v) is 18.6. The van der Waals surface area contributed by atoms with E-state index in [0.717, 1.165) is 110 Å². The van der Waals surface area contributed by atoms with Crippen LogP contribution in [-0.4, -0.2) is 240 Å². The molecule has 2 unspecified atom stereocenters. The number of rotatable bonds is 42. The van der Waals surface area contributed by atoms with Crippen LogP contribution in [-0.2, 0) is 69.3 Å². The Hall–Kier alpha value is -14.6. The number of anilines is 3. The lowest BCUT2D eigenvalue weighted by Crippen LogP contribution is -2.46. The summed E-state index contributed by atoms with van der Waals surface area (Å²) in [5, 5.41) is 63.0. The molecule has 3 aliphatic heterocycles. The Labute approximate surface area is 860 Å². The van der Waals surface area contributed by atoms with Crippen molar-refractivity contribution < 1.29 is 77.6 Å². The summed E-state index contributed by atoms with van der Waals surface area (Å²) in [4.78, 5) is 160. The first kappa shape index (κ1) is 111. The largest absolute Gasteiger partial charge is 0.481 e. The van der Waals surface area contributed by atoms with E-state index >= 15 is 0 Å². The minimum Gasteiger partial charge on any atom is -0.481 e.